The molecule has 9 nitrogen and oxygen atoms in total. The third kappa shape index (κ3) is 5.78. The minimum atomic E-state index is -1.13. The zero-order valence-electron chi connectivity index (χ0n) is 20.8. The smallest absolute Gasteiger partial charge is 0.291 e. The summed E-state index contributed by atoms with van der Waals surface area (Å²) < 4.78 is 37.1. The maximum absolute atomic E-state index is 14.6. The number of ether oxygens (including phenoxy) is 1. The second-order valence-electron chi connectivity index (χ2n) is 8.46. The number of carbonyl (C=O) groups is 2. The van der Waals surface area contributed by atoms with Gasteiger partial charge in [-0.1, -0.05) is 23.5 Å². The van der Waals surface area contributed by atoms with Gasteiger partial charge in [0, 0.05) is 56.8 Å². The van der Waals surface area contributed by atoms with Gasteiger partial charge in [-0.05, 0) is 30.3 Å². The molecular formula is C25H27ClF2N6O3S. The van der Waals surface area contributed by atoms with Crippen LogP contribution in [-0.2, 0) is 7.05 Å². The second kappa shape index (κ2) is 12.1. The Kier molecular flexibility index (Phi) is 8.87. The molecule has 3 aromatic rings. The quantitative estimate of drug-likeness (QED) is 0.402. The summed E-state index contributed by atoms with van der Waals surface area (Å²) in [6.07, 6.45) is 1.28. The average molecular weight is 565 g/mol. The highest BCUT2D eigenvalue weighted by Crippen LogP contribution is 2.30. The van der Waals surface area contributed by atoms with Crippen LogP contribution in [-0.4, -0.2) is 76.2 Å². The Balaban J connectivity index is 1.44. The van der Waals surface area contributed by atoms with E-state index < -0.39 is 17.5 Å². The monoisotopic (exact) mass is 564 g/mol. The van der Waals surface area contributed by atoms with E-state index in [1.165, 1.54) is 43.1 Å². The lowest BCUT2D eigenvalue weighted by Gasteiger charge is -2.34. The Bertz CT molecular complexity index is 1350. The zero-order chi connectivity index (χ0) is 27.4. The molecule has 0 radical (unpaired) electrons. The molecule has 1 aromatic heterocycles. The Morgan fingerprint density at radius 2 is 1.89 bits per heavy atom. The van der Waals surface area contributed by atoms with E-state index in [0.29, 0.717) is 30.9 Å². The standard InChI is InChI=1S/C25H27ClF2N6O3S/c1-32-19(17-5-6-20(37-2)22(28)21(17)27)14-30-23(32)24(35)31-15-3-4-16(18(26)13-15)25(36)33-8-10-34(11-9-33)38-12-7-29/h3-6,13-14H,7-12,29H2,1-2H3,(H,31,35). The van der Waals surface area contributed by atoms with Gasteiger partial charge in [-0.25, -0.2) is 13.7 Å². The molecule has 0 saturated carbocycles. The van der Waals surface area contributed by atoms with Crippen molar-refractivity contribution in [1.82, 2.24) is 18.8 Å². The number of anilines is 1. The number of aromatic nitrogens is 2. The van der Waals surface area contributed by atoms with Gasteiger partial charge in [0.1, 0.15) is 0 Å². The zero-order valence-corrected chi connectivity index (χ0v) is 22.4. The Hall–Kier alpha value is -3.19. The van der Waals surface area contributed by atoms with E-state index in [2.05, 4.69) is 14.6 Å². The number of benzene rings is 2. The third-order valence-electron chi connectivity index (χ3n) is 6.11. The molecule has 0 unspecified atom stereocenters. The van der Waals surface area contributed by atoms with Crippen molar-refractivity contribution in [1.29, 1.82) is 0 Å². The van der Waals surface area contributed by atoms with Crippen molar-refractivity contribution in [2.24, 2.45) is 12.8 Å². The molecule has 3 N–H and O–H groups in total. The SMILES string of the molecule is COc1ccc(-c2cnc(C(=O)Nc3ccc(C(=O)N4CCN(SCCN)CC4)c(Cl)c3)n2C)c(F)c1F. The van der Waals surface area contributed by atoms with Gasteiger partial charge in [0.15, 0.2) is 17.4 Å². The molecule has 1 saturated heterocycles. The first-order chi connectivity index (χ1) is 18.2. The number of amides is 2. The van der Waals surface area contributed by atoms with E-state index in [1.807, 2.05) is 0 Å². The lowest BCUT2D eigenvalue weighted by atomic mass is 10.1. The van der Waals surface area contributed by atoms with Crippen LogP contribution in [0.3, 0.4) is 0 Å². The minimum Gasteiger partial charge on any atom is -0.494 e. The van der Waals surface area contributed by atoms with E-state index >= 15 is 0 Å². The molecule has 0 aliphatic carbocycles. The molecule has 0 spiro atoms. The van der Waals surface area contributed by atoms with Gasteiger partial charge in [-0.15, -0.1) is 0 Å². The largest absolute Gasteiger partial charge is 0.494 e. The van der Waals surface area contributed by atoms with Gasteiger partial charge >= 0.3 is 0 Å². The maximum Gasteiger partial charge on any atom is 0.291 e. The van der Waals surface area contributed by atoms with Crippen LogP contribution in [0.4, 0.5) is 14.5 Å². The normalized spacial score (nSPS) is 14.0. The van der Waals surface area contributed by atoms with Crippen molar-refractivity contribution in [3.05, 3.63) is 64.6 Å². The molecule has 2 heterocycles. The number of rotatable bonds is 8. The van der Waals surface area contributed by atoms with E-state index in [0.717, 1.165) is 18.8 Å². The predicted molar refractivity (Wildman–Crippen MR) is 144 cm³/mol. The van der Waals surface area contributed by atoms with Crippen molar-refractivity contribution >= 4 is 41.1 Å². The highest BCUT2D eigenvalue weighted by atomic mass is 35.5. The van der Waals surface area contributed by atoms with Gasteiger partial charge in [0.2, 0.25) is 5.82 Å². The van der Waals surface area contributed by atoms with Crippen molar-refractivity contribution < 1.29 is 23.1 Å². The average Bonchev–Trinajstić information content (AvgIpc) is 3.30. The van der Waals surface area contributed by atoms with Crippen LogP contribution in [0.25, 0.3) is 11.3 Å². The first-order valence-corrected chi connectivity index (χ1v) is 13.1. The summed E-state index contributed by atoms with van der Waals surface area (Å²) in [5.74, 6) is -2.43. The number of nitrogens with zero attached hydrogens (tertiary/aromatic N) is 4. The first kappa shape index (κ1) is 27.8. The molecule has 38 heavy (non-hydrogen) atoms. The number of carbonyl (C=O) groups excluding carboxylic acids is 2. The van der Waals surface area contributed by atoms with Crippen LogP contribution in [0, 0.1) is 11.6 Å². The topological polar surface area (TPSA) is 106 Å². The number of nitrogens with two attached hydrogens (primary N) is 1. The summed E-state index contributed by atoms with van der Waals surface area (Å²) in [6.45, 7) is 3.23. The predicted octanol–water partition coefficient (Wildman–Crippen LogP) is 3.64. The molecule has 2 aromatic carbocycles. The number of piperazine rings is 1. The fourth-order valence-electron chi connectivity index (χ4n) is 4.08. The summed E-state index contributed by atoms with van der Waals surface area (Å²) in [4.78, 5) is 31.7. The lowest BCUT2D eigenvalue weighted by molar-refractivity contribution is 0.0704. The fourth-order valence-corrected chi connectivity index (χ4v) is 5.13. The Morgan fingerprint density at radius 3 is 2.55 bits per heavy atom. The van der Waals surface area contributed by atoms with Gasteiger partial charge < -0.3 is 25.3 Å². The Labute approximate surface area is 228 Å². The number of nitrogens with one attached hydrogen (secondary N) is 1. The number of halogens is 3. The van der Waals surface area contributed by atoms with Gasteiger partial charge in [-0.3, -0.25) is 9.59 Å². The van der Waals surface area contributed by atoms with Gasteiger partial charge in [0.05, 0.1) is 29.6 Å². The summed E-state index contributed by atoms with van der Waals surface area (Å²) in [7, 11) is 2.76. The lowest BCUT2D eigenvalue weighted by Crippen LogP contribution is -2.46. The summed E-state index contributed by atoms with van der Waals surface area (Å²) in [5, 5.41) is 2.88. The summed E-state index contributed by atoms with van der Waals surface area (Å²) in [6, 6.07) is 7.28. The van der Waals surface area contributed by atoms with Crippen LogP contribution in [0.15, 0.2) is 36.5 Å². The number of hydrogen-bond acceptors (Lipinski definition) is 7. The number of imidazole rings is 1. The molecular weight excluding hydrogens is 538 g/mol. The van der Waals surface area contributed by atoms with Crippen LogP contribution in [0.5, 0.6) is 5.75 Å². The molecule has 0 atom stereocenters. The van der Waals surface area contributed by atoms with Crippen molar-refractivity contribution in [2.45, 2.75) is 0 Å². The summed E-state index contributed by atoms with van der Waals surface area (Å²) in [5.41, 5.74) is 6.38. The summed E-state index contributed by atoms with van der Waals surface area (Å²) >= 11 is 8.08. The molecule has 13 heteroatoms. The highest BCUT2D eigenvalue weighted by molar-refractivity contribution is 7.97. The highest BCUT2D eigenvalue weighted by Gasteiger charge is 2.25. The molecule has 0 bridgehead atoms. The van der Waals surface area contributed by atoms with E-state index in [1.54, 1.807) is 29.0 Å². The minimum absolute atomic E-state index is 0.0303. The van der Waals surface area contributed by atoms with Gasteiger partial charge in [-0.2, -0.15) is 4.39 Å². The van der Waals surface area contributed by atoms with E-state index in [4.69, 9.17) is 22.1 Å². The fraction of sp³-hybridized carbons (Fsp3) is 0.320. The van der Waals surface area contributed by atoms with Crippen LogP contribution in [0.1, 0.15) is 21.0 Å². The first-order valence-electron chi connectivity index (χ1n) is 11.8. The Morgan fingerprint density at radius 1 is 1.16 bits per heavy atom. The van der Waals surface area contributed by atoms with Crippen molar-refractivity contribution in [3.63, 3.8) is 0 Å². The molecule has 4 rings (SSSR count). The molecule has 1 fully saturated rings. The van der Waals surface area contributed by atoms with Crippen molar-refractivity contribution in [3.8, 4) is 17.0 Å². The van der Waals surface area contributed by atoms with Crippen LogP contribution >= 0.6 is 23.5 Å². The van der Waals surface area contributed by atoms with Crippen LogP contribution < -0.4 is 15.8 Å². The second-order valence-corrected chi connectivity index (χ2v) is 10.1. The molecule has 1 aliphatic rings. The number of methoxy groups -OCH3 is 1. The third-order valence-corrected chi connectivity index (χ3v) is 7.57. The van der Waals surface area contributed by atoms with E-state index in [-0.39, 0.29) is 33.8 Å². The van der Waals surface area contributed by atoms with E-state index in [9.17, 15) is 18.4 Å². The molecule has 202 valence electrons. The van der Waals surface area contributed by atoms with Gasteiger partial charge in [0.25, 0.3) is 11.8 Å². The van der Waals surface area contributed by atoms with Crippen molar-refractivity contribution in [2.75, 3.05) is 50.9 Å². The number of hydrogen-bond donors (Lipinski definition) is 2. The molecule has 2 amide bonds. The maximum atomic E-state index is 14.6. The molecule has 1 aliphatic heterocycles. The van der Waals surface area contributed by atoms with Crippen LogP contribution in [0.2, 0.25) is 5.02 Å².